The lowest BCUT2D eigenvalue weighted by Crippen LogP contribution is -2.51. The van der Waals surface area contributed by atoms with Crippen molar-refractivity contribution >= 4 is 105 Å². The van der Waals surface area contributed by atoms with E-state index < -0.39 is 39.3 Å². The molecule has 0 spiro atoms. The molecule has 398 valence electrons. The zero-order valence-electron chi connectivity index (χ0n) is 40.4. The third-order valence-corrected chi connectivity index (χ3v) is 13.3. The molecule has 5 heterocycles. The molecule has 0 radical (unpaired) electrons. The minimum Gasteiger partial charge on any atom is -0.493 e. The molecule has 0 aliphatic carbocycles. The third kappa shape index (κ3) is 13.9. The highest BCUT2D eigenvalue weighted by atomic mass is 35.5. The van der Waals surface area contributed by atoms with Crippen molar-refractivity contribution in [3.05, 3.63) is 94.5 Å². The quantitative estimate of drug-likeness (QED) is 0.0694. The number of amides is 1. The molecule has 0 saturated carbocycles. The van der Waals surface area contributed by atoms with E-state index in [1.54, 1.807) is 31.4 Å². The van der Waals surface area contributed by atoms with Gasteiger partial charge >= 0.3 is 5.97 Å². The van der Waals surface area contributed by atoms with Gasteiger partial charge in [-0.3, -0.25) is 19.4 Å². The van der Waals surface area contributed by atoms with Crippen molar-refractivity contribution in [3.8, 4) is 23.0 Å². The number of likely N-dealkylation sites (N-methyl/N-ethyl adjacent to an activating group) is 1. The number of halogens is 8. The lowest BCUT2D eigenvalue weighted by molar-refractivity contribution is -0.139. The summed E-state index contributed by atoms with van der Waals surface area (Å²) in [4.78, 5) is 48.8. The normalized spacial score (nSPS) is 15.8. The van der Waals surface area contributed by atoms with Gasteiger partial charge in [0.15, 0.2) is 34.6 Å². The van der Waals surface area contributed by atoms with Crippen molar-refractivity contribution in [2.75, 3.05) is 97.3 Å². The number of aromatic nitrogens is 4. The molecule has 1 amide bonds. The van der Waals surface area contributed by atoms with Crippen LogP contribution >= 0.6 is 48.0 Å². The van der Waals surface area contributed by atoms with Gasteiger partial charge in [-0.15, -0.1) is 24.8 Å². The van der Waals surface area contributed by atoms with Crippen LogP contribution < -0.4 is 29.6 Å². The maximum Gasteiger partial charge on any atom is 0.317 e. The first-order valence-corrected chi connectivity index (χ1v) is 23.9. The molecule has 25 heteroatoms. The Morgan fingerprint density at radius 2 is 1.04 bits per heavy atom. The monoisotopic (exact) mass is 1110 g/mol. The van der Waals surface area contributed by atoms with Crippen molar-refractivity contribution in [3.63, 3.8) is 0 Å². The van der Waals surface area contributed by atoms with Gasteiger partial charge in [-0.25, -0.2) is 37.5 Å². The highest BCUT2D eigenvalue weighted by Crippen LogP contribution is 2.39. The van der Waals surface area contributed by atoms with Crippen LogP contribution in [0.3, 0.4) is 0 Å². The van der Waals surface area contributed by atoms with Crippen molar-refractivity contribution in [2.45, 2.75) is 37.9 Å². The molecule has 4 aromatic carbocycles. The minimum absolute atomic E-state index is 0. The minimum atomic E-state index is -0.929. The number of piperazine rings is 1. The Hall–Kier alpha value is -5.94. The second-order valence-corrected chi connectivity index (χ2v) is 18.2. The van der Waals surface area contributed by atoms with Crippen molar-refractivity contribution in [2.24, 2.45) is 0 Å². The molecule has 17 nitrogen and oxygen atoms in total. The Kier molecular flexibility index (Phi) is 20.2. The lowest BCUT2D eigenvalue weighted by atomic mass is 10.1. The molecule has 3 N–H and O–H groups in total. The Morgan fingerprint density at radius 1 is 0.622 bits per heavy atom. The van der Waals surface area contributed by atoms with E-state index in [1.807, 2.05) is 9.80 Å². The number of ether oxygens (including phenoxy) is 4. The number of hydrogen-bond acceptors (Lipinski definition) is 15. The number of fused-ring (bicyclic) bond motifs is 2. The average molecular weight is 1110 g/mol. The van der Waals surface area contributed by atoms with E-state index in [1.165, 1.54) is 31.9 Å². The number of nitrogens with one attached hydrogen (secondary N) is 2. The van der Waals surface area contributed by atoms with E-state index >= 15 is 0 Å². The van der Waals surface area contributed by atoms with Gasteiger partial charge in [0.05, 0.1) is 49.7 Å². The molecular formula is C49H54Cl4F4N10O7. The van der Waals surface area contributed by atoms with E-state index in [2.05, 4.69) is 47.4 Å². The molecule has 3 saturated heterocycles. The van der Waals surface area contributed by atoms with Crippen LogP contribution in [0.25, 0.3) is 21.8 Å². The van der Waals surface area contributed by atoms with Crippen LogP contribution in [0.15, 0.2) is 61.2 Å². The summed E-state index contributed by atoms with van der Waals surface area (Å²) in [5.41, 5.74) is 1.04. The zero-order chi connectivity index (χ0) is 51.1. The van der Waals surface area contributed by atoms with Crippen molar-refractivity contribution < 1.29 is 51.2 Å². The highest BCUT2D eigenvalue weighted by Gasteiger charge is 2.28. The number of piperidine rings is 2. The number of hydrogen-bond donors (Lipinski definition) is 3. The smallest absolute Gasteiger partial charge is 0.317 e. The molecule has 6 aromatic rings. The number of methoxy groups -OCH3 is 2. The molecule has 0 bridgehead atoms. The molecule has 3 aliphatic rings. The maximum atomic E-state index is 14.5. The fourth-order valence-corrected chi connectivity index (χ4v) is 8.93. The van der Waals surface area contributed by atoms with Crippen LogP contribution in [0.2, 0.25) is 10.0 Å². The molecule has 3 aliphatic heterocycles. The summed E-state index contributed by atoms with van der Waals surface area (Å²) in [6.07, 6.45) is 5.28. The Bertz CT molecular complexity index is 2930. The number of carboxylic acid groups (broad SMARTS) is 1. The number of anilines is 4. The van der Waals surface area contributed by atoms with Crippen LogP contribution in [0.4, 0.5) is 40.6 Å². The summed E-state index contributed by atoms with van der Waals surface area (Å²) in [5, 5.41) is 14.6. The summed E-state index contributed by atoms with van der Waals surface area (Å²) in [6, 6.07) is 11.5. The molecule has 3 fully saturated rings. The maximum absolute atomic E-state index is 14.5. The van der Waals surface area contributed by atoms with Gasteiger partial charge in [0, 0.05) is 75.3 Å². The van der Waals surface area contributed by atoms with Gasteiger partial charge in [-0.05, 0) is 69.1 Å². The second kappa shape index (κ2) is 26.0. The van der Waals surface area contributed by atoms with Gasteiger partial charge in [0.25, 0.3) is 0 Å². The van der Waals surface area contributed by atoms with Gasteiger partial charge in [-0.1, -0.05) is 23.2 Å². The number of nitrogens with zero attached hydrogens (tertiary/aromatic N) is 8. The fourth-order valence-electron chi connectivity index (χ4n) is 8.60. The van der Waals surface area contributed by atoms with E-state index in [4.69, 9.17) is 47.3 Å². The standard InChI is InChI=1S/C27H31ClF2N6O3.C22H21ClF2N4O4.2ClH/c1-34-9-11-36(12-10-34)24(37)15-35-7-5-17(6-8-35)39-23-13-18-21(14-22(23)38-2)31-16-32-27(18)33-20-4-3-19(29)25(28)26(20)30;1-32-17-9-16-13(8-18(17)33-12-4-6-29(7-5-12)10-19(30)31)22(27-11-26-16)28-15-3-2-14(24)20(23)21(15)25;;/h3-4,13-14,16-17H,5-12,15H2,1-2H3,(H,31,32,33);2-3,8-9,11-12H,4-7,10H2,1H3,(H,30,31)(H,26,27,28);2*1H. The zero-order valence-corrected chi connectivity index (χ0v) is 43.5. The first-order valence-electron chi connectivity index (χ1n) is 23.1. The van der Waals surface area contributed by atoms with Crippen LogP contribution in [-0.4, -0.2) is 155 Å². The predicted octanol–water partition coefficient (Wildman–Crippen LogP) is 9.02. The molecule has 9 rings (SSSR count). The van der Waals surface area contributed by atoms with E-state index in [0.717, 1.165) is 64.2 Å². The number of benzene rings is 4. The second-order valence-electron chi connectivity index (χ2n) is 17.4. The number of carbonyl (C=O) groups excluding carboxylic acids is 1. The summed E-state index contributed by atoms with van der Waals surface area (Å²) >= 11 is 11.4. The first-order chi connectivity index (χ1) is 34.7. The molecule has 74 heavy (non-hydrogen) atoms. The predicted molar refractivity (Wildman–Crippen MR) is 278 cm³/mol. The summed E-state index contributed by atoms with van der Waals surface area (Å²) in [5.74, 6) is -1.69. The Morgan fingerprint density at radius 3 is 1.45 bits per heavy atom. The van der Waals surface area contributed by atoms with E-state index in [0.29, 0.717) is 83.1 Å². The summed E-state index contributed by atoms with van der Waals surface area (Å²) in [6.45, 7) is 6.50. The highest BCUT2D eigenvalue weighted by molar-refractivity contribution is 6.31. The number of rotatable bonds is 14. The summed E-state index contributed by atoms with van der Waals surface area (Å²) < 4.78 is 79.6. The number of carboxylic acids is 1. The van der Waals surface area contributed by atoms with E-state index in [9.17, 15) is 27.2 Å². The molecule has 0 atom stereocenters. The number of likely N-dealkylation sites (tertiary alicyclic amines) is 2. The molecular weight excluding hydrogens is 1060 g/mol. The van der Waals surface area contributed by atoms with Crippen LogP contribution in [0.5, 0.6) is 23.0 Å². The summed E-state index contributed by atoms with van der Waals surface area (Å²) in [7, 11) is 5.14. The first kappa shape index (κ1) is 57.3. The average Bonchev–Trinajstić information content (AvgIpc) is 3.38. The van der Waals surface area contributed by atoms with Crippen LogP contribution in [0, 0.1) is 23.3 Å². The topological polar surface area (TPSA) is 180 Å². The number of aliphatic carboxylic acids is 1. The largest absolute Gasteiger partial charge is 0.493 e. The van der Waals surface area contributed by atoms with Crippen molar-refractivity contribution in [1.82, 2.24) is 39.5 Å². The Labute approximate surface area is 446 Å². The van der Waals surface area contributed by atoms with Crippen LogP contribution in [-0.2, 0) is 9.59 Å². The number of carbonyl (C=O) groups is 2. The lowest BCUT2D eigenvalue weighted by Gasteiger charge is -2.36. The van der Waals surface area contributed by atoms with Gasteiger partial charge < -0.3 is 44.5 Å². The molecule has 0 unspecified atom stereocenters. The van der Waals surface area contributed by atoms with Crippen LogP contribution in [0.1, 0.15) is 25.7 Å². The van der Waals surface area contributed by atoms with Gasteiger partial charge in [0.2, 0.25) is 5.91 Å². The fraction of sp³-hybridized carbons (Fsp3) is 0.388. The van der Waals surface area contributed by atoms with E-state index in [-0.39, 0.29) is 66.7 Å². The Balaban J connectivity index is 0.000000238. The SMILES string of the molecule is COc1cc2ncnc(Nc3ccc(F)c(Cl)c3F)c2cc1OC1CCN(CC(=O)N2CCN(C)CC2)CC1.COc1cc2ncnc(Nc3ccc(F)c(Cl)c3F)c2cc1OC1CCN(CC(=O)O)CC1.Cl.Cl. The van der Waals surface area contributed by atoms with Gasteiger partial charge in [0.1, 0.15) is 58.2 Å². The van der Waals surface area contributed by atoms with Crippen molar-refractivity contribution in [1.29, 1.82) is 0 Å². The third-order valence-electron chi connectivity index (χ3n) is 12.6. The van der Waals surface area contributed by atoms with Gasteiger partial charge in [-0.2, -0.15) is 0 Å². The molecule has 2 aromatic heterocycles.